The highest BCUT2D eigenvalue weighted by Crippen LogP contribution is 2.43. The topological polar surface area (TPSA) is 24.0 Å². The molecule has 71 heavy (non-hydrogen) atoms. The SMILES string of the molecule is c1ccc(-n2c3ccccc3c3cc(-c4ccc5c(c4)c4cc(-c6ccc7c(c6)c6ccccc6n7-c6ccccc6)ccc4n5-c4ccc(Oc5cccc6c5sc5ccccc56)cc4)ccc32)cc1. The molecule has 0 spiro atoms. The monoisotopic (exact) mass is 923 g/mol. The maximum absolute atomic E-state index is 6.66. The van der Waals surface area contributed by atoms with Gasteiger partial charge in [0.05, 0.1) is 37.8 Å². The normalized spacial score (nSPS) is 11.9. The van der Waals surface area contributed by atoms with Crippen molar-refractivity contribution in [1.29, 1.82) is 0 Å². The van der Waals surface area contributed by atoms with Crippen molar-refractivity contribution in [2.45, 2.75) is 0 Å². The van der Waals surface area contributed by atoms with Gasteiger partial charge in [0.15, 0.2) is 0 Å². The van der Waals surface area contributed by atoms with Crippen molar-refractivity contribution in [1.82, 2.24) is 13.7 Å². The molecule has 4 nitrogen and oxygen atoms in total. The molecule has 5 heteroatoms. The Morgan fingerprint density at radius 2 is 0.648 bits per heavy atom. The predicted octanol–water partition coefficient (Wildman–Crippen LogP) is 18.5. The summed E-state index contributed by atoms with van der Waals surface area (Å²) < 4.78 is 16.3. The van der Waals surface area contributed by atoms with Gasteiger partial charge in [0.1, 0.15) is 11.5 Å². The summed E-state index contributed by atoms with van der Waals surface area (Å²) in [5.41, 5.74) is 15.2. The average molecular weight is 924 g/mol. The number of hydrogen-bond acceptors (Lipinski definition) is 2. The quantitative estimate of drug-likeness (QED) is 0.156. The highest BCUT2D eigenvalue weighted by atomic mass is 32.1. The first-order valence-corrected chi connectivity index (χ1v) is 25.0. The molecule has 0 unspecified atom stereocenters. The number of rotatable bonds is 7. The van der Waals surface area contributed by atoms with Crippen molar-refractivity contribution < 1.29 is 4.74 Å². The highest BCUT2D eigenvalue weighted by Gasteiger charge is 2.19. The molecule has 0 aliphatic carbocycles. The van der Waals surface area contributed by atoms with Gasteiger partial charge in [-0.1, -0.05) is 127 Å². The van der Waals surface area contributed by atoms with E-state index in [1.54, 1.807) is 11.3 Å². The van der Waals surface area contributed by atoms with Crippen LogP contribution in [0.4, 0.5) is 0 Å². The molecule has 15 rings (SSSR count). The van der Waals surface area contributed by atoms with Crippen LogP contribution in [0.15, 0.2) is 249 Å². The molecule has 0 atom stereocenters. The number of thiophene rings is 1. The van der Waals surface area contributed by atoms with Crippen molar-refractivity contribution in [3.63, 3.8) is 0 Å². The molecule has 0 saturated carbocycles. The second-order valence-corrected chi connectivity index (χ2v) is 19.5. The zero-order chi connectivity index (χ0) is 46.6. The van der Waals surface area contributed by atoms with E-state index in [0.717, 1.165) is 44.3 Å². The lowest BCUT2D eigenvalue weighted by Crippen LogP contribution is -1.94. The maximum atomic E-state index is 6.66. The van der Waals surface area contributed by atoms with Crippen molar-refractivity contribution in [3.8, 4) is 50.8 Å². The Labute approximate surface area is 412 Å². The number of hydrogen-bond donors (Lipinski definition) is 0. The van der Waals surface area contributed by atoms with Gasteiger partial charge in [0.2, 0.25) is 0 Å². The number of benzene rings is 11. The second-order valence-electron chi connectivity index (χ2n) is 18.5. The summed E-state index contributed by atoms with van der Waals surface area (Å²) in [7, 11) is 0. The Morgan fingerprint density at radius 1 is 0.268 bits per heavy atom. The fourth-order valence-electron chi connectivity index (χ4n) is 11.3. The van der Waals surface area contributed by atoms with Crippen LogP contribution >= 0.6 is 11.3 Å². The van der Waals surface area contributed by atoms with E-state index >= 15 is 0 Å². The lowest BCUT2D eigenvalue weighted by Gasteiger charge is -2.11. The molecule has 0 amide bonds. The molecule has 332 valence electrons. The van der Waals surface area contributed by atoms with E-state index in [2.05, 4.69) is 262 Å². The number of aromatic nitrogens is 3. The minimum Gasteiger partial charge on any atom is -0.456 e. The van der Waals surface area contributed by atoms with E-state index in [1.165, 1.54) is 92.1 Å². The van der Waals surface area contributed by atoms with E-state index in [9.17, 15) is 0 Å². The largest absolute Gasteiger partial charge is 0.456 e. The van der Waals surface area contributed by atoms with Crippen LogP contribution in [-0.2, 0) is 0 Å². The van der Waals surface area contributed by atoms with Crippen molar-refractivity contribution in [2.75, 3.05) is 0 Å². The zero-order valence-corrected chi connectivity index (χ0v) is 39.1. The number of ether oxygens (including phenoxy) is 1. The molecule has 4 aromatic heterocycles. The van der Waals surface area contributed by atoms with Crippen LogP contribution in [0.3, 0.4) is 0 Å². The fourth-order valence-corrected chi connectivity index (χ4v) is 12.4. The summed E-state index contributed by atoms with van der Waals surface area (Å²) in [5, 5.41) is 9.84. The zero-order valence-electron chi connectivity index (χ0n) is 38.3. The molecule has 15 aromatic rings. The molecule has 0 fully saturated rings. The van der Waals surface area contributed by atoms with E-state index in [0.29, 0.717) is 0 Å². The summed E-state index contributed by atoms with van der Waals surface area (Å²) in [6.07, 6.45) is 0. The molecule has 0 N–H and O–H groups in total. The van der Waals surface area contributed by atoms with Crippen LogP contribution in [0.25, 0.3) is 125 Å². The van der Waals surface area contributed by atoms with Gasteiger partial charge >= 0.3 is 0 Å². The summed E-state index contributed by atoms with van der Waals surface area (Å²) in [4.78, 5) is 0. The Kier molecular flexibility index (Phi) is 8.79. The molecule has 0 radical (unpaired) electrons. The summed E-state index contributed by atoms with van der Waals surface area (Å²) in [6, 6.07) is 90.3. The Bertz CT molecular complexity index is 4380. The van der Waals surface area contributed by atoms with E-state index < -0.39 is 0 Å². The minimum absolute atomic E-state index is 0.803. The van der Waals surface area contributed by atoms with Crippen molar-refractivity contribution in [2.24, 2.45) is 0 Å². The third-order valence-corrected chi connectivity index (χ3v) is 15.7. The van der Waals surface area contributed by atoms with Gasteiger partial charge in [-0.15, -0.1) is 11.3 Å². The van der Waals surface area contributed by atoms with Gasteiger partial charge in [-0.25, -0.2) is 0 Å². The summed E-state index contributed by atoms with van der Waals surface area (Å²) in [5.74, 6) is 1.68. The molecular weight excluding hydrogens is 883 g/mol. The van der Waals surface area contributed by atoms with E-state index in [-0.39, 0.29) is 0 Å². The van der Waals surface area contributed by atoms with Gasteiger partial charge in [-0.05, 0) is 144 Å². The van der Waals surface area contributed by atoms with E-state index in [1.807, 2.05) is 0 Å². The van der Waals surface area contributed by atoms with Crippen molar-refractivity contribution >= 4 is 96.9 Å². The Balaban J connectivity index is 0.885. The minimum atomic E-state index is 0.803. The first-order chi connectivity index (χ1) is 35.2. The molecular formula is C66H41N3OS. The molecule has 0 aliphatic heterocycles. The van der Waals surface area contributed by atoms with Crippen LogP contribution in [0.5, 0.6) is 11.5 Å². The number of nitrogens with zero attached hydrogens (tertiary/aromatic N) is 3. The highest BCUT2D eigenvalue weighted by molar-refractivity contribution is 7.26. The van der Waals surface area contributed by atoms with Gasteiger partial charge in [0.25, 0.3) is 0 Å². The van der Waals surface area contributed by atoms with Gasteiger partial charge in [-0.3, -0.25) is 0 Å². The first-order valence-electron chi connectivity index (χ1n) is 24.1. The summed E-state index contributed by atoms with van der Waals surface area (Å²) >= 11 is 1.78. The number of fused-ring (bicyclic) bond motifs is 12. The van der Waals surface area contributed by atoms with E-state index in [4.69, 9.17) is 4.74 Å². The Morgan fingerprint density at radius 3 is 1.14 bits per heavy atom. The predicted molar refractivity (Wildman–Crippen MR) is 300 cm³/mol. The molecule has 0 aliphatic rings. The fraction of sp³-hybridized carbons (Fsp3) is 0. The maximum Gasteiger partial charge on any atom is 0.145 e. The molecule has 11 aromatic carbocycles. The van der Waals surface area contributed by atoms with Gasteiger partial charge in [0, 0.05) is 64.9 Å². The van der Waals surface area contributed by atoms with Crippen LogP contribution in [0, 0.1) is 0 Å². The lowest BCUT2D eigenvalue weighted by atomic mass is 9.98. The third kappa shape index (κ3) is 6.23. The van der Waals surface area contributed by atoms with Crippen LogP contribution in [0.2, 0.25) is 0 Å². The Hall–Kier alpha value is -9.16. The summed E-state index contributed by atoms with van der Waals surface area (Å²) in [6.45, 7) is 0. The van der Waals surface area contributed by atoms with Crippen molar-refractivity contribution in [3.05, 3.63) is 249 Å². The van der Waals surface area contributed by atoms with Gasteiger partial charge in [-0.2, -0.15) is 0 Å². The second kappa shape index (κ2) is 15.7. The molecule has 4 heterocycles. The van der Waals surface area contributed by atoms with Crippen LogP contribution in [0.1, 0.15) is 0 Å². The lowest BCUT2D eigenvalue weighted by molar-refractivity contribution is 0.489. The van der Waals surface area contributed by atoms with Gasteiger partial charge < -0.3 is 18.4 Å². The average Bonchev–Trinajstić information content (AvgIpc) is 4.18. The first kappa shape index (κ1) is 39.8. The molecule has 0 bridgehead atoms. The standard InChI is InChI=1S/C66H41N3OS/c1-3-14-46(15-4-1)67-58-22-10-7-18-50(58)54-38-42(26-34-60(54)67)44-28-36-62-56(40-44)57-41-45(43-27-35-61-55(39-43)51-19-8-11-23-59(51)68(61)47-16-5-2-6-17-47)29-37-63(57)69(62)48-30-32-49(33-31-48)70-64-24-13-21-53-52-20-9-12-25-65(52)71-66(53)64/h1-41H. The van der Waals surface area contributed by atoms with Crippen LogP contribution < -0.4 is 4.74 Å². The van der Waals surface area contributed by atoms with Crippen LogP contribution in [-0.4, -0.2) is 13.7 Å². The third-order valence-electron chi connectivity index (χ3n) is 14.5. The molecule has 0 saturated heterocycles. The smallest absolute Gasteiger partial charge is 0.145 e. The number of para-hydroxylation sites is 4.